The maximum Gasteiger partial charge on any atom is 0.433 e. The number of nitrogens with zero attached hydrogens (tertiary/aromatic N) is 1. The Morgan fingerprint density at radius 1 is 1.17 bits per heavy atom. The van der Waals surface area contributed by atoms with E-state index in [0.717, 1.165) is 5.56 Å². The molecule has 1 amide bonds. The van der Waals surface area contributed by atoms with Crippen molar-refractivity contribution in [2.45, 2.75) is 0 Å². The number of nitrogens with one attached hydrogen (secondary N) is 1. The maximum absolute atomic E-state index is 11.6. The number of amides is 1. The average Bonchev–Trinajstić information content (AvgIpc) is 3.00. The minimum Gasteiger partial charge on any atom is -0.480 e. The summed E-state index contributed by atoms with van der Waals surface area (Å²) in [5.41, 5.74) is 1.08. The first-order valence-electron chi connectivity index (χ1n) is 6.48. The van der Waals surface area contributed by atoms with E-state index in [1.165, 1.54) is 12.1 Å². The van der Waals surface area contributed by atoms with Crippen molar-refractivity contribution in [3.05, 3.63) is 63.4 Å². The molecule has 0 unspecified atom stereocenters. The highest BCUT2D eigenvalue weighted by Gasteiger charge is 2.10. The van der Waals surface area contributed by atoms with Crippen LogP contribution in [-0.2, 0) is 4.79 Å². The third kappa shape index (κ3) is 4.53. The normalized spacial score (nSPS) is 10.6. The number of nitro groups is 1. The number of hydrogen-bond acceptors (Lipinski definition) is 5. The third-order valence-corrected chi connectivity index (χ3v) is 2.81. The number of aliphatic carboxylic acids is 1. The molecule has 1 heterocycles. The minimum atomic E-state index is -1.12. The lowest BCUT2D eigenvalue weighted by Gasteiger charge is -2.02. The molecule has 0 fully saturated rings. The summed E-state index contributed by atoms with van der Waals surface area (Å²) < 4.78 is 4.98. The fraction of sp³-hybridized carbons (Fsp3) is 0.0667. The van der Waals surface area contributed by atoms with Gasteiger partial charge in [0.15, 0.2) is 0 Å². The highest BCUT2D eigenvalue weighted by Crippen LogP contribution is 2.18. The van der Waals surface area contributed by atoms with Crippen LogP contribution in [0.25, 0.3) is 12.2 Å². The van der Waals surface area contributed by atoms with Gasteiger partial charge in [-0.05, 0) is 29.8 Å². The minimum absolute atomic E-state index is 0.331. The molecule has 2 aromatic rings. The van der Waals surface area contributed by atoms with E-state index in [1.54, 1.807) is 36.4 Å². The number of rotatable bonds is 6. The van der Waals surface area contributed by atoms with Gasteiger partial charge in [-0.3, -0.25) is 19.7 Å². The zero-order valence-corrected chi connectivity index (χ0v) is 11.8. The Morgan fingerprint density at radius 2 is 1.87 bits per heavy atom. The lowest BCUT2D eigenvalue weighted by atomic mass is 10.1. The van der Waals surface area contributed by atoms with E-state index in [1.807, 2.05) is 0 Å². The second kappa shape index (κ2) is 7.03. The molecule has 0 aliphatic heterocycles. The van der Waals surface area contributed by atoms with E-state index in [0.29, 0.717) is 11.3 Å². The number of benzene rings is 1. The second-order valence-electron chi connectivity index (χ2n) is 4.46. The zero-order valence-electron chi connectivity index (χ0n) is 11.8. The molecule has 0 radical (unpaired) electrons. The first-order valence-corrected chi connectivity index (χ1v) is 6.48. The van der Waals surface area contributed by atoms with Crippen LogP contribution in [0.3, 0.4) is 0 Å². The lowest BCUT2D eigenvalue weighted by Crippen LogP contribution is -2.29. The predicted octanol–water partition coefficient (Wildman–Crippen LogP) is 2.17. The van der Waals surface area contributed by atoms with Gasteiger partial charge in [0.2, 0.25) is 0 Å². The molecule has 0 aliphatic rings. The lowest BCUT2D eigenvalue weighted by molar-refractivity contribution is -0.402. The molecule has 23 heavy (non-hydrogen) atoms. The monoisotopic (exact) mass is 316 g/mol. The smallest absolute Gasteiger partial charge is 0.433 e. The van der Waals surface area contributed by atoms with Gasteiger partial charge in [0.25, 0.3) is 5.91 Å². The number of carboxylic acids is 1. The summed E-state index contributed by atoms with van der Waals surface area (Å²) in [6.07, 6.45) is 3.23. The topological polar surface area (TPSA) is 123 Å². The number of carboxylic acid groups (broad SMARTS) is 1. The first kappa shape index (κ1) is 16.0. The van der Waals surface area contributed by atoms with Crippen LogP contribution in [0, 0.1) is 10.1 Å². The number of hydrogen-bond donors (Lipinski definition) is 2. The van der Waals surface area contributed by atoms with E-state index < -0.39 is 23.3 Å². The van der Waals surface area contributed by atoms with E-state index in [-0.39, 0.29) is 5.88 Å². The summed E-state index contributed by atoms with van der Waals surface area (Å²) in [7, 11) is 0. The molecule has 8 heteroatoms. The van der Waals surface area contributed by atoms with Crippen LogP contribution in [-0.4, -0.2) is 28.5 Å². The summed E-state index contributed by atoms with van der Waals surface area (Å²) in [6.45, 7) is -0.447. The predicted molar refractivity (Wildman–Crippen MR) is 80.7 cm³/mol. The Balaban J connectivity index is 2.01. The van der Waals surface area contributed by atoms with Gasteiger partial charge in [-0.25, -0.2) is 0 Å². The molecule has 0 atom stereocenters. The molecule has 1 aromatic carbocycles. The van der Waals surface area contributed by atoms with Crippen LogP contribution in [0.2, 0.25) is 0 Å². The zero-order chi connectivity index (χ0) is 16.8. The van der Waals surface area contributed by atoms with E-state index in [4.69, 9.17) is 9.52 Å². The van der Waals surface area contributed by atoms with Crippen molar-refractivity contribution in [3.63, 3.8) is 0 Å². The fourth-order valence-corrected chi connectivity index (χ4v) is 1.71. The molecule has 0 saturated heterocycles. The molecule has 2 rings (SSSR count). The van der Waals surface area contributed by atoms with Crippen LogP contribution in [0.1, 0.15) is 21.7 Å². The molecule has 118 valence electrons. The number of carbonyl (C=O) groups is 2. The molecule has 0 saturated carbocycles. The van der Waals surface area contributed by atoms with Crippen LogP contribution in [0.5, 0.6) is 0 Å². The van der Waals surface area contributed by atoms with Gasteiger partial charge in [0.1, 0.15) is 17.2 Å². The molecule has 0 aliphatic carbocycles. The van der Waals surface area contributed by atoms with Crippen LogP contribution < -0.4 is 5.32 Å². The van der Waals surface area contributed by atoms with Crippen molar-refractivity contribution in [3.8, 4) is 0 Å². The van der Waals surface area contributed by atoms with Crippen molar-refractivity contribution < 1.29 is 24.0 Å². The molecule has 2 N–H and O–H groups in total. The molecule has 8 nitrogen and oxygen atoms in total. The fourth-order valence-electron chi connectivity index (χ4n) is 1.71. The van der Waals surface area contributed by atoms with Gasteiger partial charge < -0.3 is 14.8 Å². The quantitative estimate of drug-likeness (QED) is 0.622. The van der Waals surface area contributed by atoms with E-state index >= 15 is 0 Å². The Hall–Kier alpha value is -3.42. The second-order valence-corrected chi connectivity index (χ2v) is 4.46. The molecular formula is C15H12N2O6. The van der Waals surface area contributed by atoms with Crippen LogP contribution in [0.4, 0.5) is 5.88 Å². The summed E-state index contributed by atoms with van der Waals surface area (Å²) in [5, 5.41) is 21.2. The van der Waals surface area contributed by atoms with E-state index in [2.05, 4.69) is 5.32 Å². The van der Waals surface area contributed by atoms with Crippen molar-refractivity contribution in [2.24, 2.45) is 0 Å². The Labute approximate surface area is 130 Å². The highest BCUT2D eigenvalue weighted by atomic mass is 16.6. The van der Waals surface area contributed by atoms with Crippen molar-refractivity contribution in [1.82, 2.24) is 5.32 Å². The summed E-state index contributed by atoms with van der Waals surface area (Å²) in [5.74, 6) is -1.61. The SMILES string of the molecule is O=C(O)CNC(=O)c1ccc(C=Cc2ccc([N+](=O)[O-])o2)cc1. The molecule has 1 aromatic heterocycles. The van der Waals surface area contributed by atoms with Gasteiger partial charge in [-0.2, -0.15) is 0 Å². The van der Waals surface area contributed by atoms with Gasteiger partial charge in [0.05, 0.1) is 6.07 Å². The van der Waals surface area contributed by atoms with Gasteiger partial charge in [0, 0.05) is 5.56 Å². The summed E-state index contributed by atoms with van der Waals surface area (Å²) >= 11 is 0. The van der Waals surface area contributed by atoms with Crippen molar-refractivity contribution in [1.29, 1.82) is 0 Å². The summed E-state index contributed by atoms with van der Waals surface area (Å²) in [6, 6.07) is 9.13. The number of carbonyl (C=O) groups excluding carboxylic acids is 1. The summed E-state index contributed by atoms with van der Waals surface area (Å²) in [4.78, 5) is 31.9. The Morgan fingerprint density at radius 3 is 2.43 bits per heavy atom. The van der Waals surface area contributed by atoms with Crippen LogP contribution >= 0.6 is 0 Å². The molecule has 0 bridgehead atoms. The first-order chi connectivity index (χ1) is 11.0. The highest BCUT2D eigenvalue weighted by molar-refractivity contribution is 5.96. The Kier molecular flexibility index (Phi) is 4.88. The van der Waals surface area contributed by atoms with Crippen LogP contribution in [0.15, 0.2) is 40.8 Å². The third-order valence-electron chi connectivity index (χ3n) is 2.81. The average molecular weight is 316 g/mol. The van der Waals surface area contributed by atoms with E-state index in [9.17, 15) is 19.7 Å². The van der Waals surface area contributed by atoms with Crippen molar-refractivity contribution in [2.75, 3.05) is 6.54 Å². The standard InChI is InChI=1S/C15H12N2O6/c18-14(19)9-16-15(20)11-4-1-10(2-5-11)3-6-12-7-8-13(23-12)17(21)22/h1-8H,9H2,(H,16,20)(H,18,19). The van der Waals surface area contributed by atoms with Gasteiger partial charge >= 0.3 is 11.9 Å². The molecular weight excluding hydrogens is 304 g/mol. The Bertz CT molecular complexity index is 761. The van der Waals surface area contributed by atoms with Gasteiger partial charge in [-0.15, -0.1) is 0 Å². The largest absolute Gasteiger partial charge is 0.480 e. The molecule has 0 spiro atoms. The van der Waals surface area contributed by atoms with Gasteiger partial charge in [-0.1, -0.05) is 18.2 Å². The van der Waals surface area contributed by atoms with Crippen molar-refractivity contribution >= 4 is 29.9 Å². The maximum atomic E-state index is 11.6. The number of furan rings is 1.